The van der Waals surface area contributed by atoms with Crippen molar-refractivity contribution in [3.8, 4) is 5.75 Å². The molecule has 0 amide bonds. The first-order chi connectivity index (χ1) is 12.6. The van der Waals surface area contributed by atoms with E-state index in [-0.39, 0.29) is 6.10 Å². The molecule has 0 radical (unpaired) electrons. The molecule has 1 atom stereocenters. The van der Waals surface area contributed by atoms with Crippen LogP contribution < -0.4 is 4.74 Å². The molecule has 0 saturated heterocycles. The number of rotatable bonds is 7. The van der Waals surface area contributed by atoms with Gasteiger partial charge in [-0.05, 0) is 48.7 Å². The Bertz CT molecular complexity index is 846. The quantitative estimate of drug-likeness (QED) is 0.504. The van der Waals surface area contributed by atoms with Crippen molar-refractivity contribution in [3.05, 3.63) is 70.5 Å². The predicted molar refractivity (Wildman–Crippen MR) is 107 cm³/mol. The van der Waals surface area contributed by atoms with Crippen LogP contribution in [0.5, 0.6) is 5.75 Å². The van der Waals surface area contributed by atoms with Crippen LogP contribution in [0.25, 0.3) is 0 Å². The lowest BCUT2D eigenvalue weighted by molar-refractivity contribution is 0.211. The third-order valence-electron chi connectivity index (χ3n) is 4.16. The summed E-state index contributed by atoms with van der Waals surface area (Å²) in [5.74, 6) is 2.47. The normalized spacial score (nSPS) is 12.2. The zero-order valence-corrected chi connectivity index (χ0v) is 16.7. The Kier molecular flexibility index (Phi) is 6.22. The van der Waals surface area contributed by atoms with E-state index in [4.69, 9.17) is 16.3 Å². The molecule has 0 aliphatic heterocycles. The van der Waals surface area contributed by atoms with Gasteiger partial charge in [0.25, 0.3) is 0 Å². The summed E-state index contributed by atoms with van der Waals surface area (Å²) >= 11 is 7.57. The monoisotopic (exact) mass is 387 g/mol. The van der Waals surface area contributed by atoms with E-state index >= 15 is 0 Å². The minimum absolute atomic E-state index is 0.176. The number of hydrogen-bond donors (Lipinski definition) is 0. The van der Waals surface area contributed by atoms with Crippen molar-refractivity contribution in [2.24, 2.45) is 7.05 Å². The van der Waals surface area contributed by atoms with Crippen molar-refractivity contribution < 1.29 is 4.74 Å². The highest BCUT2D eigenvalue weighted by Crippen LogP contribution is 2.26. The van der Waals surface area contributed by atoms with Gasteiger partial charge in [-0.25, -0.2) is 0 Å². The Morgan fingerprint density at radius 3 is 2.35 bits per heavy atom. The second-order valence-electron chi connectivity index (χ2n) is 6.07. The molecular weight excluding hydrogens is 366 g/mol. The van der Waals surface area contributed by atoms with Gasteiger partial charge in [-0.1, -0.05) is 54.6 Å². The number of hydrogen-bond acceptors (Lipinski definition) is 4. The van der Waals surface area contributed by atoms with Gasteiger partial charge < -0.3 is 9.30 Å². The molecule has 3 rings (SSSR count). The summed E-state index contributed by atoms with van der Waals surface area (Å²) in [5, 5.41) is 10.2. The standard InChI is InChI=1S/C20H22ClN3OS/c1-4-15-7-11-18(12-8-15)25-14(2)19-22-23-20(24(19)3)26-13-16-5-9-17(21)10-6-16/h5-12,14H,4,13H2,1-3H3/t14-/m0/s1. The summed E-state index contributed by atoms with van der Waals surface area (Å²) in [6.45, 7) is 4.13. The van der Waals surface area contributed by atoms with Gasteiger partial charge >= 0.3 is 0 Å². The first kappa shape index (κ1) is 18.8. The fraction of sp³-hybridized carbons (Fsp3) is 0.300. The maximum Gasteiger partial charge on any atom is 0.191 e. The highest BCUT2D eigenvalue weighted by Gasteiger charge is 2.17. The van der Waals surface area contributed by atoms with Gasteiger partial charge in [0.05, 0.1) is 0 Å². The molecular formula is C20H22ClN3OS. The lowest BCUT2D eigenvalue weighted by Crippen LogP contribution is -2.10. The lowest BCUT2D eigenvalue weighted by atomic mass is 10.2. The van der Waals surface area contributed by atoms with Crippen molar-refractivity contribution in [1.29, 1.82) is 0 Å². The Hall–Kier alpha value is -1.98. The largest absolute Gasteiger partial charge is 0.483 e. The summed E-state index contributed by atoms with van der Waals surface area (Å²) in [6, 6.07) is 16.0. The van der Waals surface area contributed by atoms with Crippen LogP contribution in [-0.4, -0.2) is 14.8 Å². The minimum atomic E-state index is -0.176. The van der Waals surface area contributed by atoms with Crippen LogP contribution in [-0.2, 0) is 19.2 Å². The van der Waals surface area contributed by atoms with Gasteiger partial charge in [-0.15, -0.1) is 10.2 Å². The maximum absolute atomic E-state index is 6.02. The number of benzene rings is 2. The Morgan fingerprint density at radius 1 is 1.04 bits per heavy atom. The Labute approximate surface area is 163 Å². The molecule has 26 heavy (non-hydrogen) atoms. The second kappa shape index (κ2) is 8.60. The third kappa shape index (κ3) is 4.59. The Balaban J connectivity index is 1.64. The van der Waals surface area contributed by atoms with Gasteiger partial charge in [-0.3, -0.25) is 0 Å². The van der Waals surface area contributed by atoms with Crippen LogP contribution >= 0.6 is 23.4 Å². The van der Waals surface area contributed by atoms with Crippen molar-refractivity contribution in [1.82, 2.24) is 14.8 Å². The van der Waals surface area contributed by atoms with E-state index in [1.54, 1.807) is 11.8 Å². The molecule has 0 fully saturated rings. The summed E-state index contributed by atoms with van der Waals surface area (Å²) < 4.78 is 8.01. The van der Waals surface area contributed by atoms with Crippen molar-refractivity contribution in [2.45, 2.75) is 37.3 Å². The van der Waals surface area contributed by atoms with E-state index in [0.29, 0.717) is 0 Å². The summed E-state index contributed by atoms with van der Waals surface area (Å²) in [7, 11) is 1.97. The molecule has 1 heterocycles. The second-order valence-corrected chi connectivity index (χ2v) is 7.45. The summed E-state index contributed by atoms with van der Waals surface area (Å²) in [4.78, 5) is 0. The van der Waals surface area contributed by atoms with Crippen molar-refractivity contribution in [2.75, 3.05) is 0 Å². The number of aryl methyl sites for hydroxylation is 1. The molecule has 1 aromatic heterocycles. The van der Waals surface area contributed by atoms with E-state index in [0.717, 1.165) is 33.9 Å². The van der Waals surface area contributed by atoms with Crippen LogP contribution in [0, 0.1) is 0 Å². The molecule has 0 N–H and O–H groups in total. The van der Waals surface area contributed by atoms with Crippen LogP contribution in [0.15, 0.2) is 53.7 Å². The average Bonchev–Trinajstić information content (AvgIpc) is 3.02. The lowest BCUT2D eigenvalue weighted by Gasteiger charge is -2.14. The fourth-order valence-corrected chi connectivity index (χ4v) is 3.59. The molecule has 3 aromatic rings. The summed E-state index contributed by atoms with van der Waals surface area (Å²) in [6.07, 6.45) is 0.845. The number of ether oxygens (including phenoxy) is 1. The first-order valence-corrected chi connectivity index (χ1v) is 9.95. The van der Waals surface area contributed by atoms with Crippen LogP contribution in [0.4, 0.5) is 0 Å². The first-order valence-electron chi connectivity index (χ1n) is 8.59. The molecule has 0 unspecified atom stereocenters. The number of halogens is 1. The number of nitrogens with zero attached hydrogens (tertiary/aromatic N) is 3. The van der Waals surface area contributed by atoms with E-state index in [2.05, 4.69) is 29.3 Å². The van der Waals surface area contributed by atoms with Crippen molar-refractivity contribution >= 4 is 23.4 Å². The van der Waals surface area contributed by atoms with Crippen LogP contribution in [0.1, 0.15) is 36.9 Å². The molecule has 0 aliphatic carbocycles. The topological polar surface area (TPSA) is 39.9 Å². The maximum atomic E-state index is 6.02. The molecule has 0 saturated carbocycles. The SMILES string of the molecule is CCc1ccc(O[C@@H](C)c2nnc(SCc3ccc(Cl)cc3)n2C)cc1. The molecule has 0 aliphatic rings. The molecule has 0 spiro atoms. The van der Waals surface area contributed by atoms with Gasteiger partial charge in [0.2, 0.25) is 0 Å². The highest BCUT2D eigenvalue weighted by molar-refractivity contribution is 7.98. The molecule has 0 bridgehead atoms. The third-order valence-corrected chi connectivity index (χ3v) is 5.50. The van der Waals surface area contributed by atoms with Crippen LogP contribution in [0.3, 0.4) is 0 Å². The smallest absolute Gasteiger partial charge is 0.191 e. The summed E-state index contributed by atoms with van der Waals surface area (Å²) in [5.41, 5.74) is 2.49. The van der Waals surface area contributed by atoms with E-state index in [1.165, 1.54) is 11.1 Å². The van der Waals surface area contributed by atoms with Gasteiger partial charge in [0.1, 0.15) is 5.75 Å². The molecule has 136 valence electrons. The molecule has 6 heteroatoms. The minimum Gasteiger partial charge on any atom is -0.483 e. The van der Waals surface area contributed by atoms with Gasteiger partial charge in [0, 0.05) is 17.8 Å². The van der Waals surface area contributed by atoms with Gasteiger partial charge in [0.15, 0.2) is 17.1 Å². The van der Waals surface area contributed by atoms with Gasteiger partial charge in [-0.2, -0.15) is 0 Å². The number of aromatic nitrogens is 3. The molecule has 2 aromatic carbocycles. The predicted octanol–water partition coefficient (Wildman–Crippen LogP) is 5.46. The average molecular weight is 388 g/mol. The number of thioether (sulfide) groups is 1. The zero-order chi connectivity index (χ0) is 18.5. The highest BCUT2D eigenvalue weighted by atomic mass is 35.5. The zero-order valence-electron chi connectivity index (χ0n) is 15.1. The fourth-order valence-electron chi connectivity index (χ4n) is 2.59. The molecule has 4 nitrogen and oxygen atoms in total. The van der Waals surface area contributed by atoms with Crippen molar-refractivity contribution in [3.63, 3.8) is 0 Å². The van der Waals surface area contributed by atoms with E-state index in [1.807, 2.05) is 54.9 Å². The van der Waals surface area contributed by atoms with E-state index in [9.17, 15) is 0 Å². The Morgan fingerprint density at radius 2 is 1.69 bits per heavy atom. The van der Waals surface area contributed by atoms with Crippen LogP contribution in [0.2, 0.25) is 5.02 Å². The van der Waals surface area contributed by atoms with E-state index < -0.39 is 0 Å².